The van der Waals surface area contributed by atoms with Crippen LogP contribution in [0.5, 0.6) is 0 Å². The van der Waals surface area contributed by atoms with Gasteiger partial charge in [-0.25, -0.2) is 9.97 Å². The summed E-state index contributed by atoms with van der Waals surface area (Å²) in [4.78, 5) is 9.98. The van der Waals surface area contributed by atoms with Crippen molar-refractivity contribution in [3.63, 3.8) is 0 Å². The molecule has 0 aliphatic rings. The van der Waals surface area contributed by atoms with Gasteiger partial charge in [-0.15, -0.1) is 23.1 Å². The van der Waals surface area contributed by atoms with Crippen LogP contribution in [-0.2, 0) is 5.75 Å². The van der Waals surface area contributed by atoms with Crippen molar-refractivity contribution in [2.75, 3.05) is 0 Å². The third-order valence-electron chi connectivity index (χ3n) is 3.95. The summed E-state index contributed by atoms with van der Waals surface area (Å²) in [5.74, 6) is 1.66. The lowest BCUT2D eigenvalue weighted by atomic mass is 10.1. The summed E-state index contributed by atoms with van der Waals surface area (Å²) < 4.78 is 5.26. The lowest BCUT2D eigenvalue weighted by molar-refractivity contribution is 0.392. The van der Waals surface area contributed by atoms with E-state index in [2.05, 4.69) is 44.8 Å². The number of aryl methyl sites for hydroxylation is 2. The molecular formula is C18H15N3OS2. The van der Waals surface area contributed by atoms with Gasteiger partial charge in [-0.1, -0.05) is 35.5 Å². The number of thiophene rings is 1. The van der Waals surface area contributed by atoms with Crippen LogP contribution in [0.15, 0.2) is 51.6 Å². The summed E-state index contributed by atoms with van der Waals surface area (Å²) in [5.41, 5.74) is 4.47. The molecule has 4 aromatic rings. The molecule has 0 bridgehead atoms. The van der Waals surface area contributed by atoms with Crippen molar-refractivity contribution in [1.29, 1.82) is 0 Å². The Morgan fingerprint density at radius 3 is 2.71 bits per heavy atom. The molecule has 4 rings (SSSR count). The smallest absolute Gasteiger partial charge is 0.137 e. The van der Waals surface area contributed by atoms with E-state index in [1.807, 2.05) is 19.9 Å². The molecule has 0 aliphatic carbocycles. The molecule has 120 valence electrons. The fourth-order valence-corrected chi connectivity index (χ4v) is 4.78. The second-order valence-electron chi connectivity index (χ2n) is 5.47. The Bertz CT molecular complexity index is 973. The molecule has 0 N–H and O–H groups in total. The van der Waals surface area contributed by atoms with Crippen LogP contribution < -0.4 is 0 Å². The Hall–Kier alpha value is -2.18. The average molecular weight is 353 g/mol. The van der Waals surface area contributed by atoms with Crippen molar-refractivity contribution in [3.8, 4) is 11.1 Å². The SMILES string of the molecule is Cc1noc(C)c1CSc1ncnc2scc(-c3ccccc3)c12. The molecule has 0 spiro atoms. The number of thioether (sulfide) groups is 1. The van der Waals surface area contributed by atoms with E-state index in [0.29, 0.717) is 0 Å². The Morgan fingerprint density at radius 2 is 1.96 bits per heavy atom. The Balaban J connectivity index is 1.74. The summed E-state index contributed by atoms with van der Waals surface area (Å²) in [7, 11) is 0. The maximum absolute atomic E-state index is 5.26. The predicted octanol–water partition coefficient (Wildman–Crippen LogP) is 5.26. The highest BCUT2D eigenvalue weighted by atomic mass is 32.2. The lowest BCUT2D eigenvalue weighted by Gasteiger charge is -2.05. The molecule has 0 saturated heterocycles. The number of fused-ring (bicyclic) bond motifs is 1. The number of hydrogen-bond donors (Lipinski definition) is 0. The molecule has 0 amide bonds. The Morgan fingerprint density at radius 1 is 1.12 bits per heavy atom. The van der Waals surface area contributed by atoms with Gasteiger partial charge in [0.05, 0.1) is 11.1 Å². The zero-order valence-electron chi connectivity index (χ0n) is 13.3. The van der Waals surface area contributed by atoms with E-state index >= 15 is 0 Å². The van der Waals surface area contributed by atoms with Crippen LogP contribution in [0, 0.1) is 13.8 Å². The van der Waals surface area contributed by atoms with Crippen LogP contribution in [0.25, 0.3) is 21.3 Å². The molecular weight excluding hydrogens is 338 g/mol. The van der Waals surface area contributed by atoms with Crippen LogP contribution in [0.1, 0.15) is 17.0 Å². The number of rotatable bonds is 4. The molecule has 6 heteroatoms. The number of hydrogen-bond acceptors (Lipinski definition) is 6. The third-order valence-corrected chi connectivity index (χ3v) is 5.86. The first-order valence-electron chi connectivity index (χ1n) is 7.56. The van der Waals surface area contributed by atoms with Gasteiger partial charge in [0, 0.05) is 22.3 Å². The maximum Gasteiger partial charge on any atom is 0.137 e. The summed E-state index contributed by atoms with van der Waals surface area (Å²) in [6.45, 7) is 3.92. The standard InChI is InChI=1S/C18H15N3OS2/c1-11-14(12(2)22-21-11)8-23-17-16-15(13-6-4-3-5-7-13)9-24-18(16)20-10-19-17/h3-7,9-10H,8H2,1-2H3. The summed E-state index contributed by atoms with van der Waals surface area (Å²) in [5, 5.41) is 8.32. The quantitative estimate of drug-likeness (QED) is 0.370. The molecule has 0 atom stereocenters. The fourth-order valence-electron chi connectivity index (χ4n) is 2.64. The Kier molecular flexibility index (Phi) is 4.08. The number of benzene rings is 1. The zero-order chi connectivity index (χ0) is 16.5. The Labute approximate surface area is 147 Å². The third kappa shape index (κ3) is 2.72. The predicted molar refractivity (Wildman–Crippen MR) is 98.4 cm³/mol. The maximum atomic E-state index is 5.26. The van der Waals surface area contributed by atoms with Gasteiger partial charge in [-0.2, -0.15) is 0 Å². The van der Waals surface area contributed by atoms with Gasteiger partial charge in [0.1, 0.15) is 21.9 Å². The number of nitrogens with zero attached hydrogens (tertiary/aromatic N) is 3. The second kappa shape index (κ2) is 6.37. The minimum Gasteiger partial charge on any atom is -0.361 e. The zero-order valence-corrected chi connectivity index (χ0v) is 14.9. The molecule has 0 aliphatic heterocycles. The largest absolute Gasteiger partial charge is 0.361 e. The molecule has 0 fully saturated rings. The van der Waals surface area contributed by atoms with Crippen LogP contribution in [0.4, 0.5) is 0 Å². The van der Waals surface area contributed by atoms with Gasteiger partial charge in [-0.05, 0) is 19.4 Å². The monoisotopic (exact) mass is 353 g/mol. The highest BCUT2D eigenvalue weighted by molar-refractivity contribution is 7.98. The van der Waals surface area contributed by atoms with E-state index < -0.39 is 0 Å². The van der Waals surface area contributed by atoms with Crippen LogP contribution in [0.3, 0.4) is 0 Å². The van der Waals surface area contributed by atoms with Gasteiger partial charge in [0.25, 0.3) is 0 Å². The summed E-state index contributed by atoms with van der Waals surface area (Å²) >= 11 is 3.36. The molecule has 4 nitrogen and oxygen atoms in total. The first-order chi connectivity index (χ1) is 11.7. The number of aromatic nitrogens is 3. The lowest BCUT2D eigenvalue weighted by Crippen LogP contribution is -1.89. The van der Waals surface area contributed by atoms with Crippen molar-refractivity contribution < 1.29 is 4.52 Å². The molecule has 0 unspecified atom stereocenters. The highest BCUT2D eigenvalue weighted by Crippen LogP contribution is 2.38. The van der Waals surface area contributed by atoms with Crippen molar-refractivity contribution in [3.05, 3.63) is 59.1 Å². The van der Waals surface area contributed by atoms with Gasteiger partial charge in [-0.3, -0.25) is 0 Å². The first-order valence-corrected chi connectivity index (χ1v) is 9.42. The van der Waals surface area contributed by atoms with Crippen molar-refractivity contribution in [2.24, 2.45) is 0 Å². The van der Waals surface area contributed by atoms with Crippen molar-refractivity contribution in [2.45, 2.75) is 24.6 Å². The van der Waals surface area contributed by atoms with Gasteiger partial charge in [0.2, 0.25) is 0 Å². The summed E-state index contributed by atoms with van der Waals surface area (Å²) in [6.07, 6.45) is 1.64. The van der Waals surface area contributed by atoms with Gasteiger partial charge >= 0.3 is 0 Å². The van der Waals surface area contributed by atoms with Gasteiger partial charge in [0.15, 0.2) is 0 Å². The molecule has 1 aromatic carbocycles. The minimum absolute atomic E-state index is 0.789. The van der Waals surface area contributed by atoms with E-state index in [0.717, 1.165) is 38.0 Å². The topological polar surface area (TPSA) is 51.8 Å². The van der Waals surface area contributed by atoms with Crippen LogP contribution >= 0.6 is 23.1 Å². The first kappa shape index (κ1) is 15.4. The minimum atomic E-state index is 0.789. The van der Waals surface area contributed by atoms with Crippen LogP contribution in [-0.4, -0.2) is 15.1 Å². The van der Waals surface area contributed by atoms with Crippen molar-refractivity contribution >= 4 is 33.3 Å². The second-order valence-corrected chi connectivity index (χ2v) is 7.29. The molecule has 3 heterocycles. The van der Waals surface area contributed by atoms with Gasteiger partial charge < -0.3 is 4.52 Å². The molecule has 0 saturated carbocycles. The van der Waals surface area contributed by atoms with E-state index in [1.54, 1.807) is 29.4 Å². The van der Waals surface area contributed by atoms with E-state index in [1.165, 1.54) is 11.1 Å². The average Bonchev–Trinajstić information content (AvgIpc) is 3.18. The van der Waals surface area contributed by atoms with Crippen LogP contribution in [0.2, 0.25) is 0 Å². The van der Waals surface area contributed by atoms with E-state index in [-0.39, 0.29) is 0 Å². The normalized spacial score (nSPS) is 11.2. The van der Waals surface area contributed by atoms with Crippen molar-refractivity contribution in [1.82, 2.24) is 15.1 Å². The molecule has 24 heavy (non-hydrogen) atoms. The summed E-state index contributed by atoms with van der Waals surface area (Å²) in [6, 6.07) is 10.4. The fraction of sp³-hybridized carbons (Fsp3) is 0.167. The molecule has 0 radical (unpaired) electrons. The van der Waals surface area contributed by atoms with E-state index in [4.69, 9.17) is 4.52 Å². The molecule has 3 aromatic heterocycles. The van der Waals surface area contributed by atoms with E-state index in [9.17, 15) is 0 Å². The highest BCUT2D eigenvalue weighted by Gasteiger charge is 2.15.